The minimum Gasteiger partial charge on any atom is -0.480 e. The van der Waals surface area contributed by atoms with Crippen molar-refractivity contribution in [1.82, 2.24) is 0 Å². The molecule has 96 valence electrons. The third kappa shape index (κ3) is 2.49. The highest BCUT2D eigenvalue weighted by atomic mass is 79.9. The zero-order valence-electron chi connectivity index (χ0n) is 10.1. The van der Waals surface area contributed by atoms with E-state index in [1.165, 1.54) is 0 Å². The maximum absolute atomic E-state index is 12.2. The van der Waals surface area contributed by atoms with Crippen molar-refractivity contribution in [1.29, 1.82) is 0 Å². The van der Waals surface area contributed by atoms with Gasteiger partial charge in [0.15, 0.2) is 6.10 Å². The molecular formula is C15H12BrNO2. The fourth-order valence-corrected chi connectivity index (χ4v) is 2.49. The van der Waals surface area contributed by atoms with Crippen molar-refractivity contribution in [3.8, 4) is 5.75 Å². The van der Waals surface area contributed by atoms with Crippen LogP contribution < -0.4 is 10.1 Å². The molecule has 0 aromatic heterocycles. The van der Waals surface area contributed by atoms with Crippen molar-refractivity contribution < 1.29 is 9.53 Å². The molecule has 1 unspecified atom stereocenters. The number of hydrogen-bond donors (Lipinski definition) is 1. The van der Waals surface area contributed by atoms with Crippen LogP contribution in [0.15, 0.2) is 53.0 Å². The van der Waals surface area contributed by atoms with Gasteiger partial charge in [-0.25, -0.2) is 0 Å². The van der Waals surface area contributed by atoms with E-state index in [-0.39, 0.29) is 5.91 Å². The van der Waals surface area contributed by atoms with Gasteiger partial charge in [-0.15, -0.1) is 0 Å². The highest BCUT2D eigenvalue weighted by Gasteiger charge is 2.28. The fraction of sp³-hybridized carbons (Fsp3) is 0.133. The van der Waals surface area contributed by atoms with Crippen LogP contribution in [0.25, 0.3) is 0 Å². The molecule has 1 aliphatic heterocycles. The SMILES string of the molecule is O=C(Nc1ccccc1Br)C1Cc2ccccc2O1. The van der Waals surface area contributed by atoms with Crippen LogP contribution >= 0.6 is 15.9 Å². The van der Waals surface area contributed by atoms with Crippen molar-refractivity contribution in [3.63, 3.8) is 0 Å². The highest BCUT2D eigenvalue weighted by Crippen LogP contribution is 2.29. The third-order valence-electron chi connectivity index (χ3n) is 3.07. The number of anilines is 1. The largest absolute Gasteiger partial charge is 0.480 e. The van der Waals surface area contributed by atoms with Crippen LogP contribution in [0.1, 0.15) is 5.56 Å². The summed E-state index contributed by atoms with van der Waals surface area (Å²) in [5.74, 6) is 0.679. The van der Waals surface area contributed by atoms with Gasteiger partial charge in [0, 0.05) is 10.9 Å². The first-order valence-corrected chi connectivity index (χ1v) is 6.83. The average molecular weight is 318 g/mol. The molecule has 2 aromatic carbocycles. The minimum absolute atomic E-state index is 0.122. The Morgan fingerprint density at radius 2 is 1.89 bits per heavy atom. The standard InChI is InChI=1S/C15H12BrNO2/c16-11-6-2-3-7-12(11)17-15(18)14-9-10-5-1-4-8-13(10)19-14/h1-8,14H,9H2,(H,17,18). The normalized spacial score (nSPS) is 16.6. The van der Waals surface area contributed by atoms with Gasteiger partial charge >= 0.3 is 0 Å². The number of carbonyl (C=O) groups is 1. The lowest BCUT2D eigenvalue weighted by Gasteiger charge is -2.12. The quantitative estimate of drug-likeness (QED) is 0.922. The molecule has 0 saturated carbocycles. The molecule has 19 heavy (non-hydrogen) atoms. The van der Waals surface area contributed by atoms with E-state index in [0.717, 1.165) is 21.5 Å². The summed E-state index contributed by atoms with van der Waals surface area (Å²) in [6, 6.07) is 15.3. The van der Waals surface area contributed by atoms with Crippen LogP contribution in [0, 0.1) is 0 Å². The van der Waals surface area contributed by atoms with Crippen molar-refractivity contribution in [2.75, 3.05) is 5.32 Å². The lowest BCUT2D eigenvalue weighted by molar-refractivity contribution is -0.122. The van der Waals surface area contributed by atoms with Crippen LogP contribution in [-0.4, -0.2) is 12.0 Å². The Morgan fingerprint density at radius 3 is 2.68 bits per heavy atom. The highest BCUT2D eigenvalue weighted by molar-refractivity contribution is 9.10. The summed E-state index contributed by atoms with van der Waals surface area (Å²) in [5.41, 5.74) is 1.84. The molecule has 0 aliphatic carbocycles. The molecule has 1 aliphatic rings. The maximum atomic E-state index is 12.2. The molecule has 3 rings (SSSR count). The van der Waals surface area contributed by atoms with E-state index >= 15 is 0 Å². The number of halogens is 1. The number of benzene rings is 2. The molecule has 0 bridgehead atoms. The summed E-state index contributed by atoms with van der Waals surface area (Å²) in [6.07, 6.45) is 0.163. The first-order valence-electron chi connectivity index (χ1n) is 6.04. The van der Waals surface area contributed by atoms with Gasteiger partial charge in [-0.3, -0.25) is 4.79 Å². The number of fused-ring (bicyclic) bond motifs is 1. The molecule has 0 radical (unpaired) electrons. The van der Waals surface area contributed by atoms with E-state index < -0.39 is 6.10 Å². The van der Waals surface area contributed by atoms with Crippen LogP contribution in [0.3, 0.4) is 0 Å². The molecule has 0 fully saturated rings. The number of nitrogens with one attached hydrogen (secondary N) is 1. The Labute approximate surface area is 119 Å². The fourth-order valence-electron chi connectivity index (χ4n) is 2.10. The lowest BCUT2D eigenvalue weighted by Crippen LogP contribution is -2.31. The molecule has 1 N–H and O–H groups in total. The van der Waals surface area contributed by atoms with Gasteiger partial charge in [0.2, 0.25) is 0 Å². The molecule has 4 heteroatoms. The summed E-state index contributed by atoms with van der Waals surface area (Å²) >= 11 is 3.41. The monoisotopic (exact) mass is 317 g/mol. The van der Waals surface area contributed by atoms with Crippen LogP contribution in [0.4, 0.5) is 5.69 Å². The van der Waals surface area contributed by atoms with E-state index in [1.54, 1.807) is 0 Å². The van der Waals surface area contributed by atoms with Crippen molar-refractivity contribution in [2.45, 2.75) is 12.5 Å². The Balaban J connectivity index is 1.72. The predicted molar refractivity (Wildman–Crippen MR) is 77.3 cm³/mol. The van der Waals surface area contributed by atoms with E-state index in [9.17, 15) is 4.79 Å². The van der Waals surface area contributed by atoms with Crippen LogP contribution in [-0.2, 0) is 11.2 Å². The van der Waals surface area contributed by atoms with Gasteiger partial charge in [0.1, 0.15) is 5.75 Å². The second-order valence-corrected chi connectivity index (χ2v) is 5.24. The topological polar surface area (TPSA) is 38.3 Å². The number of para-hydroxylation sites is 2. The second kappa shape index (κ2) is 5.05. The number of hydrogen-bond acceptors (Lipinski definition) is 2. The molecular weight excluding hydrogens is 306 g/mol. The third-order valence-corrected chi connectivity index (χ3v) is 3.76. The average Bonchev–Trinajstić information content (AvgIpc) is 2.85. The molecule has 2 aromatic rings. The smallest absolute Gasteiger partial charge is 0.265 e. The predicted octanol–water partition coefficient (Wildman–Crippen LogP) is 3.39. The van der Waals surface area contributed by atoms with Gasteiger partial charge in [-0.2, -0.15) is 0 Å². The lowest BCUT2D eigenvalue weighted by atomic mass is 10.1. The van der Waals surface area contributed by atoms with Gasteiger partial charge in [0.25, 0.3) is 5.91 Å². The van der Waals surface area contributed by atoms with Crippen molar-refractivity contribution >= 4 is 27.5 Å². The summed E-state index contributed by atoms with van der Waals surface area (Å²) in [7, 11) is 0. The zero-order valence-corrected chi connectivity index (χ0v) is 11.7. The van der Waals surface area contributed by atoms with Crippen molar-refractivity contribution in [2.24, 2.45) is 0 Å². The van der Waals surface area contributed by atoms with Crippen LogP contribution in [0.2, 0.25) is 0 Å². The summed E-state index contributed by atoms with van der Waals surface area (Å²) in [6.45, 7) is 0. The van der Waals surface area contributed by atoms with Crippen LogP contribution in [0.5, 0.6) is 5.75 Å². The molecule has 0 spiro atoms. The summed E-state index contributed by atoms with van der Waals surface area (Å²) < 4.78 is 6.51. The minimum atomic E-state index is -0.454. The second-order valence-electron chi connectivity index (χ2n) is 4.39. The molecule has 0 saturated heterocycles. The van der Waals surface area contributed by atoms with E-state index in [4.69, 9.17) is 4.74 Å². The zero-order chi connectivity index (χ0) is 13.2. The summed E-state index contributed by atoms with van der Waals surface area (Å²) in [4.78, 5) is 12.2. The van der Waals surface area contributed by atoms with Gasteiger partial charge < -0.3 is 10.1 Å². The van der Waals surface area contributed by atoms with E-state index in [2.05, 4.69) is 21.2 Å². The number of rotatable bonds is 2. The first-order chi connectivity index (χ1) is 9.24. The Morgan fingerprint density at radius 1 is 1.16 bits per heavy atom. The molecule has 1 heterocycles. The van der Waals surface area contributed by atoms with Gasteiger partial charge in [0.05, 0.1) is 5.69 Å². The molecule has 3 nitrogen and oxygen atoms in total. The van der Waals surface area contributed by atoms with E-state index in [1.807, 2.05) is 48.5 Å². The van der Waals surface area contributed by atoms with Crippen molar-refractivity contribution in [3.05, 3.63) is 58.6 Å². The van der Waals surface area contributed by atoms with Gasteiger partial charge in [-0.05, 0) is 39.7 Å². The Hall–Kier alpha value is -1.81. The molecule has 1 atom stereocenters. The number of ether oxygens (including phenoxy) is 1. The maximum Gasteiger partial charge on any atom is 0.265 e. The van der Waals surface area contributed by atoms with Gasteiger partial charge in [-0.1, -0.05) is 30.3 Å². The number of amides is 1. The van der Waals surface area contributed by atoms with E-state index in [0.29, 0.717) is 6.42 Å². The number of carbonyl (C=O) groups excluding carboxylic acids is 1. The summed E-state index contributed by atoms with van der Waals surface area (Å²) in [5, 5.41) is 2.88. The first kappa shape index (κ1) is 12.2. The Bertz CT molecular complexity index is 602. The Kier molecular flexibility index (Phi) is 3.25. The molecule has 1 amide bonds.